The van der Waals surface area contributed by atoms with E-state index in [-0.39, 0.29) is 11.8 Å². The predicted octanol–water partition coefficient (Wildman–Crippen LogP) is 3.41. The second-order valence-electron chi connectivity index (χ2n) is 3.82. The Balaban J connectivity index is 2.94. The monoisotopic (exact) mass is 247 g/mol. The van der Waals surface area contributed by atoms with E-state index in [0.29, 0.717) is 0 Å². The van der Waals surface area contributed by atoms with Crippen LogP contribution in [0.2, 0.25) is 0 Å². The lowest BCUT2D eigenvalue weighted by Gasteiger charge is -2.20. The van der Waals surface area contributed by atoms with Crippen molar-refractivity contribution in [3.8, 4) is 0 Å². The maximum atomic E-state index is 13.8. The van der Waals surface area contributed by atoms with Gasteiger partial charge in [-0.3, -0.25) is 5.32 Å². The van der Waals surface area contributed by atoms with Crippen LogP contribution in [-0.2, 0) is 4.74 Å². The third-order valence-electron chi connectivity index (χ3n) is 2.60. The van der Waals surface area contributed by atoms with Crippen LogP contribution in [-0.4, -0.2) is 13.3 Å². The number of methoxy groups -OCH3 is 1. The number of hydrogen-bond donors (Lipinski definition) is 1. The number of halogens is 3. The van der Waals surface area contributed by atoms with E-state index in [9.17, 15) is 13.2 Å². The summed E-state index contributed by atoms with van der Waals surface area (Å²) in [6.07, 6.45) is -3.08. The average molecular weight is 247 g/mol. The quantitative estimate of drug-likeness (QED) is 0.805. The van der Waals surface area contributed by atoms with Crippen molar-refractivity contribution in [2.24, 2.45) is 0 Å². The maximum Gasteiger partial charge on any atom is 0.266 e. The summed E-state index contributed by atoms with van der Waals surface area (Å²) in [5.41, 5.74) is -0.354. The van der Waals surface area contributed by atoms with Crippen molar-refractivity contribution in [2.45, 2.75) is 32.5 Å². The van der Waals surface area contributed by atoms with Gasteiger partial charge in [-0.05, 0) is 13.8 Å². The molecule has 0 saturated heterocycles. The molecule has 0 bridgehead atoms. The lowest BCUT2D eigenvalue weighted by Crippen LogP contribution is -2.30. The minimum atomic E-state index is -2.80. The van der Waals surface area contributed by atoms with Gasteiger partial charge in [-0.1, -0.05) is 18.2 Å². The molecule has 1 N–H and O–H groups in total. The van der Waals surface area contributed by atoms with Gasteiger partial charge in [-0.25, -0.2) is 13.2 Å². The number of alkyl halides is 2. The smallest absolute Gasteiger partial charge is 0.266 e. The van der Waals surface area contributed by atoms with Crippen LogP contribution in [0.4, 0.5) is 13.2 Å². The van der Waals surface area contributed by atoms with E-state index in [4.69, 9.17) is 4.74 Å². The Labute approximate surface area is 98.8 Å². The lowest BCUT2D eigenvalue weighted by atomic mass is 10.0. The van der Waals surface area contributed by atoms with Gasteiger partial charge in [0.2, 0.25) is 0 Å². The summed E-state index contributed by atoms with van der Waals surface area (Å²) >= 11 is 0. The first-order valence-corrected chi connectivity index (χ1v) is 5.32. The topological polar surface area (TPSA) is 21.3 Å². The first kappa shape index (κ1) is 14.0. The Morgan fingerprint density at radius 3 is 2.29 bits per heavy atom. The normalized spacial score (nSPS) is 15.0. The van der Waals surface area contributed by atoms with Crippen LogP contribution in [0, 0.1) is 5.82 Å². The van der Waals surface area contributed by atoms with Crippen molar-refractivity contribution in [1.82, 2.24) is 5.32 Å². The summed E-state index contributed by atoms with van der Waals surface area (Å²) in [5, 5.41) is 2.95. The molecule has 0 radical (unpaired) electrons. The summed E-state index contributed by atoms with van der Waals surface area (Å²) < 4.78 is 43.8. The molecule has 1 unspecified atom stereocenters. The molecule has 0 heterocycles. The molecule has 2 nitrogen and oxygen atoms in total. The van der Waals surface area contributed by atoms with E-state index in [1.807, 2.05) is 0 Å². The maximum absolute atomic E-state index is 13.8. The van der Waals surface area contributed by atoms with Crippen molar-refractivity contribution >= 4 is 0 Å². The average Bonchev–Trinajstić information content (AvgIpc) is 2.28. The molecule has 2 atom stereocenters. The minimum Gasteiger partial charge on any atom is -0.367 e. The van der Waals surface area contributed by atoms with Gasteiger partial charge in [-0.2, -0.15) is 0 Å². The van der Waals surface area contributed by atoms with Crippen molar-refractivity contribution in [2.75, 3.05) is 7.11 Å². The summed E-state index contributed by atoms with van der Waals surface area (Å²) in [6, 6.07) is 3.61. The summed E-state index contributed by atoms with van der Waals surface area (Å²) in [6.45, 7) is 3.45. The Kier molecular flexibility index (Phi) is 4.96. The van der Waals surface area contributed by atoms with Crippen LogP contribution in [0.5, 0.6) is 0 Å². The zero-order chi connectivity index (χ0) is 13.0. The molecule has 0 amide bonds. The fraction of sp³-hybridized carbons (Fsp3) is 0.500. The van der Waals surface area contributed by atoms with Crippen molar-refractivity contribution in [3.05, 3.63) is 35.1 Å². The third-order valence-corrected chi connectivity index (χ3v) is 2.60. The van der Waals surface area contributed by atoms with Gasteiger partial charge in [0, 0.05) is 18.7 Å². The van der Waals surface area contributed by atoms with Crippen LogP contribution < -0.4 is 5.32 Å². The Hall–Kier alpha value is -1.07. The van der Waals surface area contributed by atoms with E-state index < -0.39 is 23.8 Å². The van der Waals surface area contributed by atoms with E-state index in [1.165, 1.54) is 19.2 Å². The molecule has 17 heavy (non-hydrogen) atoms. The van der Waals surface area contributed by atoms with Crippen molar-refractivity contribution in [1.29, 1.82) is 0 Å². The molecule has 0 aliphatic rings. The molecule has 1 rings (SSSR count). The largest absolute Gasteiger partial charge is 0.367 e. The first-order valence-electron chi connectivity index (χ1n) is 5.32. The third kappa shape index (κ3) is 3.44. The van der Waals surface area contributed by atoms with Gasteiger partial charge in [0.25, 0.3) is 6.43 Å². The molecule has 1 aromatic carbocycles. The molecule has 0 aromatic heterocycles. The SMILES string of the molecule is COC(C)N[C@H](C)c1cccc(C(F)F)c1F. The second-order valence-corrected chi connectivity index (χ2v) is 3.82. The highest BCUT2D eigenvalue weighted by atomic mass is 19.3. The van der Waals surface area contributed by atoms with E-state index >= 15 is 0 Å². The molecule has 0 aliphatic heterocycles. The molecule has 1 aromatic rings. The number of rotatable bonds is 5. The second kappa shape index (κ2) is 6.02. The molecule has 0 aliphatic carbocycles. The number of ether oxygens (including phenoxy) is 1. The summed E-state index contributed by atoms with van der Waals surface area (Å²) in [5.74, 6) is -0.856. The van der Waals surface area contributed by atoms with Crippen LogP contribution in [0.1, 0.15) is 37.4 Å². The zero-order valence-corrected chi connectivity index (χ0v) is 10.0. The van der Waals surface area contributed by atoms with Gasteiger partial charge in [0.05, 0.1) is 5.56 Å². The van der Waals surface area contributed by atoms with E-state index in [1.54, 1.807) is 13.8 Å². The molecule has 5 heteroatoms. The van der Waals surface area contributed by atoms with Gasteiger partial charge in [0.15, 0.2) is 0 Å². The van der Waals surface area contributed by atoms with Gasteiger partial charge in [-0.15, -0.1) is 0 Å². The molecule has 0 fully saturated rings. The Bertz CT molecular complexity index is 371. The Morgan fingerprint density at radius 2 is 1.76 bits per heavy atom. The number of nitrogens with one attached hydrogen (secondary N) is 1. The van der Waals surface area contributed by atoms with Crippen molar-refractivity contribution in [3.63, 3.8) is 0 Å². The highest BCUT2D eigenvalue weighted by Crippen LogP contribution is 2.27. The summed E-state index contributed by atoms with van der Waals surface area (Å²) in [7, 11) is 1.51. The highest BCUT2D eigenvalue weighted by molar-refractivity contribution is 5.29. The van der Waals surface area contributed by atoms with Crippen LogP contribution >= 0.6 is 0 Å². The molecule has 0 spiro atoms. The minimum absolute atomic E-state index is 0.215. The fourth-order valence-electron chi connectivity index (χ4n) is 1.58. The molecule has 0 saturated carbocycles. The Morgan fingerprint density at radius 1 is 1.18 bits per heavy atom. The van der Waals surface area contributed by atoms with Crippen LogP contribution in [0.3, 0.4) is 0 Å². The highest BCUT2D eigenvalue weighted by Gasteiger charge is 2.19. The lowest BCUT2D eigenvalue weighted by molar-refractivity contribution is 0.0796. The predicted molar refractivity (Wildman–Crippen MR) is 59.4 cm³/mol. The standard InChI is InChI=1S/C12H16F3NO/c1-7(16-8(2)17-3)9-5-4-6-10(11(9)13)12(14)15/h4-8,12,16H,1-3H3/t7-,8?/m1/s1. The van der Waals surface area contributed by atoms with Crippen LogP contribution in [0.25, 0.3) is 0 Å². The fourth-order valence-corrected chi connectivity index (χ4v) is 1.58. The molecule has 96 valence electrons. The zero-order valence-electron chi connectivity index (χ0n) is 10.0. The van der Waals surface area contributed by atoms with Gasteiger partial charge < -0.3 is 4.74 Å². The first-order chi connectivity index (χ1) is 7.97. The number of hydrogen-bond acceptors (Lipinski definition) is 2. The number of benzene rings is 1. The van der Waals surface area contributed by atoms with E-state index in [2.05, 4.69) is 5.32 Å². The molecular formula is C12H16F3NO. The van der Waals surface area contributed by atoms with Crippen LogP contribution in [0.15, 0.2) is 18.2 Å². The summed E-state index contributed by atoms with van der Waals surface area (Å²) in [4.78, 5) is 0. The van der Waals surface area contributed by atoms with Gasteiger partial charge in [0.1, 0.15) is 12.0 Å². The van der Waals surface area contributed by atoms with Gasteiger partial charge >= 0.3 is 0 Å². The van der Waals surface area contributed by atoms with E-state index in [0.717, 1.165) is 6.07 Å². The van der Waals surface area contributed by atoms with Crippen molar-refractivity contribution < 1.29 is 17.9 Å². The molecular weight excluding hydrogens is 231 g/mol.